The number of anilines is 1. The first-order valence-electron chi connectivity index (χ1n) is 4.08. The van der Waals surface area contributed by atoms with Gasteiger partial charge in [-0.2, -0.15) is 0 Å². The molecule has 4 heteroatoms. The van der Waals surface area contributed by atoms with Crippen molar-refractivity contribution in [3.05, 3.63) is 23.6 Å². The molecule has 0 aliphatic heterocycles. The number of nitrogen functional groups attached to an aromatic ring is 1. The highest BCUT2D eigenvalue weighted by Gasteiger charge is 2.03. The van der Waals surface area contributed by atoms with Gasteiger partial charge in [-0.25, -0.2) is 9.37 Å². The molecule has 0 aliphatic rings. The van der Waals surface area contributed by atoms with Crippen LogP contribution in [0.15, 0.2) is 12.3 Å². The molecule has 0 saturated heterocycles. The van der Waals surface area contributed by atoms with E-state index in [-0.39, 0.29) is 11.5 Å². The molecule has 3 N–H and O–H groups in total. The Hall–Kier alpha value is -1.45. The van der Waals surface area contributed by atoms with Crippen molar-refractivity contribution in [2.75, 3.05) is 5.73 Å². The molecule has 1 aromatic heterocycles. The van der Waals surface area contributed by atoms with E-state index in [4.69, 9.17) is 11.1 Å². The molecule has 13 heavy (non-hydrogen) atoms. The van der Waals surface area contributed by atoms with E-state index in [9.17, 15) is 4.39 Å². The van der Waals surface area contributed by atoms with Crippen LogP contribution in [-0.2, 0) is 0 Å². The second kappa shape index (κ2) is 5.24. The molecular weight excluding hydrogens is 169 g/mol. The molecule has 0 atom stereocenters. The first kappa shape index (κ1) is 11.6. The lowest BCUT2D eigenvalue weighted by atomic mass is 10.2. The van der Waals surface area contributed by atoms with Gasteiger partial charge in [-0.1, -0.05) is 13.8 Å². The molecule has 0 bridgehead atoms. The zero-order valence-corrected chi connectivity index (χ0v) is 8.06. The van der Waals surface area contributed by atoms with Crippen molar-refractivity contribution >= 4 is 11.5 Å². The average Bonchev–Trinajstić information content (AvgIpc) is 2.12. The van der Waals surface area contributed by atoms with Crippen molar-refractivity contribution in [1.29, 1.82) is 5.41 Å². The molecule has 0 aliphatic carbocycles. The maximum atomic E-state index is 12.5. The Labute approximate surface area is 77.3 Å². The van der Waals surface area contributed by atoms with Gasteiger partial charge in [0, 0.05) is 11.3 Å². The third kappa shape index (κ3) is 3.19. The normalized spacial score (nSPS) is 8.62. The van der Waals surface area contributed by atoms with Crippen LogP contribution in [0.2, 0.25) is 0 Å². The Morgan fingerprint density at radius 1 is 1.54 bits per heavy atom. The van der Waals surface area contributed by atoms with Gasteiger partial charge in [0.05, 0.1) is 6.20 Å². The van der Waals surface area contributed by atoms with Crippen LogP contribution in [0.1, 0.15) is 26.3 Å². The van der Waals surface area contributed by atoms with Gasteiger partial charge in [-0.15, -0.1) is 0 Å². The Morgan fingerprint density at radius 2 is 2.08 bits per heavy atom. The first-order valence-corrected chi connectivity index (χ1v) is 4.08. The van der Waals surface area contributed by atoms with E-state index in [1.807, 2.05) is 13.8 Å². The summed E-state index contributed by atoms with van der Waals surface area (Å²) < 4.78 is 12.5. The molecule has 1 rings (SSSR count). The number of pyridine rings is 1. The SMILES string of the molecule is CC.CC(=N)c1cc(F)cnc1N. The van der Waals surface area contributed by atoms with E-state index in [0.29, 0.717) is 5.56 Å². The smallest absolute Gasteiger partial charge is 0.142 e. The second-order valence-electron chi connectivity index (χ2n) is 2.21. The summed E-state index contributed by atoms with van der Waals surface area (Å²) in [7, 11) is 0. The van der Waals surface area contributed by atoms with Crippen LogP contribution in [0.3, 0.4) is 0 Å². The van der Waals surface area contributed by atoms with Crippen molar-refractivity contribution in [3.63, 3.8) is 0 Å². The number of nitrogens with zero attached hydrogens (tertiary/aromatic N) is 1. The number of hydrogen-bond acceptors (Lipinski definition) is 3. The summed E-state index contributed by atoms with van der Waals surface area (Å²) in [5.74, 6) is -0.278. The van der Waals surface area contributed by atoms with Gasteiger partial charge in [0.15, 0.2) is 0 Å². The maximum Gasteiger partial charge on any atom is 0.142 e. The van der Waals surface area contributed by atoms with E-state index in [0.717, 1.165) is 6.20 Å². The van der Waals surface area contributed by atoms with E-state index < -0.39 is 5.82 Å². The summed E-state index contributed by atoms with van der Waals surface area (Å²) in [5, 5.41) is 7.19. The molecule has 0 fully saturated rings. The highest BCUT2D eigenvalue weighted by molar-refractivity contribution is 5.99. The monoisotopic (exact) mass is 183 g/mol. The second-order valence-corrected chi connectivity index (χ2v) is 2.21. The fraction of sp³-hybridized carbons (Fsp3) is 0.333. The van der Waals surface area contributed by atoms with Crippen molar-refractivity contribution in [3.8, 4) is 0 Å². The van der Waals surface area contributed by atoms with Gasteiger partial charge >= 0.3 is 0 Å². The Kier molecular flexibility index (Phi) is 4.66. The van der Waals surface area contributed by atoms with Gasteiger partial charge in [0.2, 0.25) is 0 Å². The summed E-state index contributed by atoms with van der Waals surface area (Å²) in [6, 6.07) is 1.20. The predicted molar refractivity (Wildman–Crippen MR) is 52.5 cm³/mol. The molecule has 0 amide bonds. The van der Waals surface area contributed by atoms with Gasteiger partial charge in [0.1, 0.15) is 11.6 Å². The number of halogens is 1. The summed E-state index contributed by atoms with van der Waals surface area (Å²) in [6.07, 6.45) is 1.03. The van der Waals surface area contributed by atoms with Gasteiger partial charge in [-0.05, 0) is 13.0 Å². The lowest BCUT2D eigenvalue weighted by molar-refractivity contribution is 0.621. The Morgan fingerprint density at radius 3 is 2.46 bits per heavy atom. The largest absolute Gasteiger partial charge is 0.383 e. The summed E-state index contributed by atoms with van der Waals surface area (Å²) in [4.78, 5) is 3.56. The molecule has 1 heterocycles. The predicted octanol–water partition coefficient (Wildman–Crippen LogP) is 2.22. The minimum Gasteiger partial charge on any atom is -0.383 e. The minimum absolute atomic E-state index is 0.193. The number of nitrogens with two attached hydrogens (primary N) is 1. The van der Waals surface area contributed by atoms with Crippen molar-refractivity contribution < 1.29 is 4.39 Å². The highest BCUT2D eigenvalue weighted by Crippen LogP contribution is 2.09. The lowest BCUT2D eigenvalue weighted by Crippen LogP contribution is -2.02. The standard InChI is InChI=1S/C7H8FN3.C2H6/c1-4(9)6-2-5(8)3-11-7(6)10;1-2/h2-3,9H,1H3,(H2,10,11);1-2H3. The van der Waals surface area contributed by atoms with Crippen molar-refractivity contribution in [2.45, 2.75) is 20.8 Å². The topological polar surface area (TPSA) is 62.8 Å². The molecule has 0 spiro atoms. The maximum absolute atomic E-state index is 12.5. The van der Waals surface area contributed by atoms with E-state index in [2.05, 4.69) is 4.98 Å². The molecule has 72 valence electrons. The zero-order chi connectivity index (χ0) is 10.4. The molecular formula is C9H14FN3. The highest BCUT2D eigenvalue weighted by atomic mass is 19.1. The van der Waals surface area contributed by atoms with Gasteiger partial charge in [0.25, 0.3) is 0 Å². The fourth-order valence-electron chi connectivity index (χ4n) is 0.750. The third-order valence-electron chi connectivity index (χ3n) is 1.29. The van der Waals surface area contributed by atoms with Crippen LogP contribution in [0.4, 0.5) is 10.2 Å². The van der Waals surface area contributed by atoms with Crippen LogP contribution < -0.4 is 5.73 Å². The van der Waals surface area contributed by atoms with Gasteiger partial charge in [-0.3, -0.25) is 0 Å². The van der Waals surface area contributed by atoms with E-state index in [1.54, 1.807) is 0 Å². The number of hydrogen-bond donors (Lipinski definition) is 2. The summed E-state index contributed by atoms with van der Waals surface area (Å²) in [5.41, 5.74) is 5.94. The average molecular weight is 183 g/mol. The van der Waals surface area contributed by atoms with Crippen molar-refractivity contribution in [2.24, 2.45) is 0 Å². The molecule has 0 unspecified atom stereocenters. The van der Waals surface area contributed by atoms with Crippen LogP contribution in [0, 0.1) is 11.2 Å². The van der Waals surface area contributed by atoms with E-state index >= 15 is 0 Å². The van der Waals surface area contributed by atoms with Crippen LogP contribution >= 0.6 is 0 Å². The zero-order valence-electron chi connectivity index (χ0n) is 8.06. The molecule has 0 radical (unpaired) electrons. The Bertz CT molecular complexity index is 297. The van der Waals surface area contributed by atoms with Crippen LogP contribution in [0.5, 0.6) is 0 Å². The number of nitrogens with one attached hydrogen (secondary N) is 1. The molecule has 1 aromatic rings. The van der Waals surface area contributed by atoms with Crippen molar-refractivity contribution in [1.82, 2.24) is 4.98 Å². The third-order valence-corrected chi connectivity index (χ3v) is 1.29. The van der Waals surface area contributed by atoms with E-state index in [1.165, 1.54) is 13.0 Å². The summed E-state index contributed by atoms with van der Waals surface area (Å²) >= 11 is 0. The number of rotatable bonds is 1. The molecule has 0 saturated carbocycles. The molecule has 3 nitrogen and oxygen atoms in total. The lowest BCUT2D eigenvalue weighted by Gasteiger charge is -2.00. The van der Waals surface area contributed by atoms with Crippen LogP contribution in [0.25, 0.3) is 0 Å². The quantitative estimate of drug-likeness (QED) is 0.656. The van der Waals surface area contributed by atoms with Crippen LogP contribution in [-0.4, -0.2) is 10.7 Å². The first-order chi connectivity index (χ1) is 6.11. The summed E-state index contributed by atoms with van der Waals surface area (Å²) in [6.45, 7) is 5.53. The minimum atomic E-state index is -0.471. The Balaban J connectivity index is 0.000000671. The fourth-order valence-corrected chi connectivity index (χ4v) is 0.750. The molecule has 0 aromatic carbocycles. The van der Waals surface area contributed by atoms with Gasteiger partial charge < -0.3 is 11.1 Å². The number of aromatic nitrogens is 1.